The monoisotopic (exact) mass is 256 g/mol. The van der Waals surface area contributed by atoms with Crippen LogP contribution in [0.15, 0.2) is 18.2 Å². The highest BCUT2D eigenvalue weighted by Gasteiger charge is 2.17. The van der Waals surface area contributed by atoms with E-state index >= 15 is 0 Å². The SMILES string of the molecule is O=[N+]([O-])c1cc(OC2CCNCC2)ccc1Cl. The van der Waals surface area contributed by atoms with Gasteiger partial charge in [0, 0.05) is 0 Å². The molecule has 0 radical (unpaired) electrons. The average molecular weight is 257 g/mol. The molecule has 0 unspecified atom stereocenters. The van der Waals surface area contributed by atoms with Crippen molar-refractivity contribution in [3.63, 3.8) is 0 Å². The first kappa shape index (κ1) is 12.1. The first-order valence-electron chi connectivity index (χ1n) is 5.48. The normalized spacial score (nSPS) is 16.8. The summed E-state index contributed by atoms with van der Waals surface area (Å²) in [5.74, 6) is 0.507. The summed E-state index contributed by atoms with van der Waals surface area (Å²) >= 11 is 5.73. The maximum atomic E-state index is 10.7. The number of nitrogens with one attached hydrogen (secondary N) is 1. The predicted molar refractivity (Wildman–Crippen MR) is 64.6 cm³/mol. The average Bonchev–Trinajstić information content (AvgIpc) is 2.32. The second kappa shape index (κ2) is 5.33. The molecular formula is C11H13ClN2O3. The van der Waals surface area contributed by atoms with Crippen LogP contribution in [0.5, 0.6) is 5.75 Å². The minimum Gasteiger partial charge on any atom is -0.490 e. The fourth-order valence-electron chi connectivity index (χ4n) is 1.81. The molecule has 1 aliphatic rings. The van der Waals surface area contributed by atoms with Crippen molar-refractivity contribution in [1.29, 1.82) is 0 Å². The number of benzene rings is 1. The Hall–Kier alpha value is -1.33. The lowest BCUT2D eigenvalue weighted by atomic mass is 10.1. The molecule has 92 valence electrons. The topological polar surface area (TPSA) is 64.4 Å². The van der Waals surface area contributed by atoms with Crippen molar-refractivity contribution in [3.8, 4) is 5.75 Å². The second-order valence-electron chi connectivity index (χ2n) is 3.94. The van der Waals surface area contributed by atoms with E-state index in [1.54, 1.807) is 6.07 Å². The molecule has 1 aliphatic heterocycles. The quantitative estimate of drug-likeness (QED) is 0.666. The summed E-state index contributed by atoms with van der Waals surface area (Å²) in [6.07, 6.45) is 1.95. The maximum Gasteiger partial charge on any atom is 0.291 e. The van der Waals surface area contributed by atoms with Crippen LogP contribution in [0.2, 0.25) is 5.02 Å². The number of rotatable bonds is 3. The van der Waals surface area contributed by atoms with Crippen LogP contribution in [0, 0.1) is 10.1 Å². The van der Waals surface area contributed by atoms with Gasteiger partial charge in [0.2, 0.25) is 0 Å². The number of nitro groups is 1. The molecule has 0 atom stereocenters. The third kappa shape index (κ3) is 3.08. The molecule has 0 spiro atoms. The van der Waals surface area contributed by atoms with Crippen LogP contribution in [0.1, 0.15) is 12.8 Å². The number of nitrogens with zero attached hydrogens (tertiary/aromatic N) is 1. The molecule has 1 fully saturated rings. The molecule has 1 saturated heterocycles. The van der Waals surface area contributed by atoms with E-state index in [2.05, 4.69) is 5.32 Å². The van der Waals surface area contributed by atoms with E-state index in [9.17, 15) is 10.1 Å². The Bertz CT molecular complexity index is 419. The lowest BCUT2D eigenvalue weighted by Crippen LogP contribution is -2.34. The van der Waals surface area contributed by atoms with Crippen LogP contribution in [0.25, 0.3) is 0 Å². The molecule has 1 aromatic carbocycles. The molecular weight excluding hydrogens is 244 g/mol. The van der Waals surface area contributed by atoms with Gasteiger partial charge >= 0.3 is 0 Å². The Morgan fingerprint density at radius 2 is 2.12 bits per heavy atom. The lowest BCUT2D eigenvalue weighted by Gasteiger charge is -2.23. The molecule has 0 bridgehead atoms. The van der Waals surface area contributed by atoms with Gasteiger partial charge in [-0.25, -0.2) is 0 Å². The van der Waals surface area contributed by atoms with Crippen LogP contribution in [-0.2, 0) is 0 Å². The Morgan fingerprint density at radius 1 is 1.41 bits per heavy atom. The zero-order valence-electron chi connectivity index (χ0n) is 9.19. The molecule has 6 heteroatoms. The van der Waals surface area contributed by atoms with Crippen LogP contribution in [0.4, 0.5) is 5.69 Å². The maximum absolute atomic E-state index is 10.7. The minimum absolute atomic E-state index is 0.113. The van der Waals surface area contributed by atoms with Gasteiger partial charge in [-0.1, -0.05) is 11.6 Å². The van der Waals surface area contributed by atoms with E-state index in [4.69, 9.17) is 16.3 Å². The van der Waals surface area contributed by atoms with Gasteiger partial charge in [0.1, 0.15) is 16.9 Å². The van der Waals surface area contributed by atoms with Gasteiger partial charge in [0.25, 0.3) is 5.69 Å². The number of hydrogen-bond donors (Lipinski definition) is 1. The third-order valence-corrected chi connectivity index (χ3v) is 3.02. The van der Waals surface area contributed by atoms with E-state index in [1.165, 1.54) is 12.1 Å². The van der Waals surface area contributed by atoms with Crippen LogP contribution < -0.4 is 10.1 Å². The smallest absolute Gasteiger partial charge is 0.291 e. The fourth-order valence-corrected chi connectivity index (χ4v) is 2.00. The molecule has 0 aliphatic carbocycles. The summed E-state index contributed by atoms with van der Waals surface area (Å²) in [5.41, 5.74) is -0.113. The molecule has 1 N–H and O–H groups in total. The zero-order chi connectivity index (χ0) is 12.3. The molecule has 0 aromatic heterocycles. The number of halogens is 1. The molecule has 1 heterocycles. The molecule has 0 amide bonds. The highest BCUT2D eigenvalue weighted by Crippen LogP contribution is 2.29. The van der Waals surface area contributed by atoms with Gasteiger partial charge < -0.3 is 10.1 Å². The summed E-state index contributed by atoms with van der Waals surface area (Å²) in [4.78, 5) is 10.2. The molecule has 1 aromatic rings. The molecule has 2 rings (SSSR count). The Labute approximate surface area is 104 Å². The number of nitro benzene ring substituents is 1. The zero-order valence-corrected chi connectivity index (χ0v) is 9.94. The predicted octanol–water partition coefficient (Wildman–Crippen LogP) is 2.38. The molecule has 5 nitrogen and oxygen atoms in total. The molecule has 0 saturated carbocycles. The largest absolute Gasteiger partial charge is 0.490 e. The van der Waals surface area contributed by atoms with Crippen molar-refractivity contribution < 1.29 is 9.66 Å². The van der Waals surface area contributed by atoms with E-state index < -0.39 is 4.92 Å². The number of ether oxygens (including phenoxy) is 1. The van der Waals surface area contributed by atoms with Crippen molar-refractivity contribution in [1.82, 2.24) is 5.32 Å². The van der Waals surface area contributed by atoms with Gasteiger partial charge in [-0.3, -0.25) is 10.1 Å². The van der Waals surface area contributed by atoms with Gasteiger partial charge in [-0.2, -0.15) is 0 Å². The summed E-state index contributed by atoms with van der Waals surface area (Å²) < 4.78 is 5.70. The van der Waals surface area contributed by atoms with Crippen LogP contribution >= 0.6 is 11.6 Å². The summed E-state index contributed by atoms with van der Waals surface area (Å²) in [7, 11) is 0. The lowest BCUT2D eigenvalue weighted by molar-refractivity contribution is -0.384. The second-order valence-corrected chi connectivity index (χ2v) is 4.34. The van der Waals surface area contributed by atoms with Crippen molar-refractivity contribution in [2.75, 3.05) is 13.1 Å². The number of piperidine rings is 1. The van der Waals surface area contributed by atoms with Crippen LogP contribution in [0.3, 0.4) is 0 Å². The van der Waals surface area contributed by atoms with Gasteiger partial charge in [0.15, 0.2) is 0 Å². The fraction of sp³-hybridized carbons (Fsp3) is 0.455. The van der Waals surface area contributed by atoms with Gasteiger partial charge in [0.05, 0.1) is 11.0 Å². The van der Waals surface area contributed by atoms with Crippen molar-refractivity contribution in [2.45, 2.75) is 18.9 Å². The van der Waals surface area contributed by atoms with Crippen molar-refractivity contribution in [2.24, 2.45) is 0 Å². The standard InChI is InChI=1S/C11H13ClN2O3/c12-10-2-1-9(7-11(10)14(15)16)17-8-3-5-13-6-4-8/h1-2,7-8,13H,3-6H2. The van der Waals surface area contributed by atoms with Crippen molar-refractivity contribution >= 4 is 17.3 Å². The van der Waals surface area contributed by atoms with Crippen molar-refractivity contribution in [3.05, 3.63) is 33.3 Å². The van der Waals surface area contributed by atoms with Gasteiger partial charge in [-0.15, -0.1) is 0 Å². The molecule has 17 heavy (non-hydrogen) atoms. The number of hydrogen-bond acceptors (Lipinski definition) is 4. The minimum atomic E-state index is -0.502. The van der Waals surface area contributed by atoms with E-state index in [0.29, 0.717) is 5.75 Å². The Morgan fingerprint density at radius 3 is 2.76 bits per heavy atom. The Kier molecular flexibility index (Phi) is 3.81. The summed E-state index contributed by atoms with van der Waals surface area (Å²) in [5, 5.41) is 14.1. The van der Waals surface area contributed by atoms with Crippen LogP contribution in [-0.4, -0.2) is 24.1 Å². The summed E-state index contributed by atoms with van der Waals surface area (Å²) in [6, 6.07) is 4.54. The van der Waals surface area contributed by atoms with E-state index in [-0.39, 0.29) is 16.8 Å². The first-order valence-corrected chi connectivity index (χ1v) is 5.86. The highest BCUT2D eigenvalue weighted by molar-refractivity contribution is 6.32. The van der Waals surface area contributed by atoms with E-state index in [1.807, 2.05) is 0 Å². The highest BCUT2D eigenvalue weighted by atomic mass is 35.5. The van der Waals surface area contributed by atoms with Gasteiger partial charge in [-0.05, 0) is 38.1 Å². The first-order chi connectivity index (χ1) is 8.16. The van der Waals surface area contributed by atoms with E-state index in [0.717, 1.165) is 25.9 Å². The third-order valence-electron chi connectivity index (χ3n) is 2.70. The summed E-state index contributed by atoms with van der Waals surface area (Å²) in [6.45, 7) is 1.83. The Balaban J connectivity index is 2.10.